The second kappa shape index (κ2) is 6.54. The number of aromatic amines is 1. The van der Waals surface area contributed by atoms with Crippen molar-refractivity contribution in [1.29, 1.82) is 0 Å². The predicted molar refractivity (Wildman–Crippen MR) is 88.7 cm³/mol. The highest BCUT2D eigenvalue weighted by Gasteiger charge is 2.68. The third kappa shape index (κ3) is 3.30. The number of benzene rings is 1. The minimum Gasteiger partial charge on any atom is -0.484 e. The van der Waals surface area contributed by atoms with Gasteiger partial charge in [-0.05, 0) is 25.0 Å². The summed E-state index contributed by atoms with van der Waals surface area (Å²) in [7, 11) is 0. The Morgan fingerprint density at radius 1 is 1.32 bits per heavy atom. The van der Waals surface area contributed by atoms with Crippen molar-refractivity contribution in [2.45, 2.75) is 32.2 Å². The molecule has 3 aromatic rings. The van der Waals surface area contributed by atoms with E-state index in [0.717, 1.165) is 0 Å². The van der Waals surface area contributed by atoms with E-state index < -0.39 is 23.3 Å². The number of hydrogen-bond acceptors (Lipinski definition) is 4. The SMILES string of the molecule is O=C(NCc1cc2cc(F)c(OCc3ccon3)cc2[nH]1)C1(C(F)(F)F)CC1. The lowest BCUT2D eigenvalue weighted by molar-refractivity contribution is -0.192. The van der Waals surface area contributed by atoms with E-state index in [1.807, 2.05) is 0 Å². The first-order valence-electron chi connectivity index (χ1n) is 8.47. The number of ether oxygens (including phenoxy) is 1. The number of rotatable bonds is 6. The summed E-state index contributed by atoms with van der Waals surface area (Å²) < 4.78 is 63.1. The first-order valence-corrected chi connectivity index (χ1v) is 8.47. The van der Waals surface area contributed by atoms with Gasteiger partial charge in [0.25, 0.3) is 0 Å². The summed E-state index contributed by atoms with van der Waals surface area (Å²) in [6.45, 7) is -0.107. The van der Waals surface area contributed by atoms with Crippen molar-refractivity contribution >= 4 is 16.8 Å². The molecule has 1 fully saturated rings. The molecule has 1 saturated carbocycles. The first-order chi connectivity index (χ1) is 13.3. The second-order valence-corrected chi connectivity index (χ2v) is 6.71. The van der Waals surface area contributed by atoms with Gasteiger partial charge in [-0.25, -0.2) is 4.39 Å². The highest BCUT2D eigenvalue weighted by atomic mass is 19.4. The average molecular weight is 397 g/mol. The molecule has 4 rings (SSSR count). The number of carbonyl (C=O) groups excluding carboxylic acids is 1. The Morgan fingerprint density at radius 3 is 2.75 bits per heavy atom. The van der Waals surface area contributed by atoms with Crippen molar-refractivity contribution in [2.75, 3.05) is 0 Å². The molecule has 6 nitrogen and oxygen atoms in total. The molecule has 28 heavy (non-hydrogen) atoms. The van der Waals surface area contributed by atoms with Crippen molar-refractivity contribution in [3.63, 3.8) is 0 Å². The topological polar surface area (TPSA) is 80.2 Å². The smallest absolute Gasteiger partial charge is 0.403 e. The quantitative estimate of drug-likeness (QED) is 0.620. The summed E-state index contributed by atoms with van der Waals surface area (Å²) in [4.78, 5) is 14.9. The molecule has 1 aliphatic carbocycles. The Labute approximate surface area is 155 Å². The molecular weight excluding hydrogens is 382 g/mol. The van der Waals surface area contributed by atoms with E-state index in [0.29, 0.717) is 22.3 Å². The zero-order chi connectivity index (χ0) is 19.9. The fourth-order valence-corrected chi connectivity index (χ4v) is 2.97. The molecule has 0 aliphatic heterocycles. The predicted octanol–water partition coefficient (Wildman–Crippen LogP) is 3.83. The van der Waals surface area contributed by atoms with Crippen molar-refractivity contribution in [2.24, 2.45) is 5.41 Å². The zero-order valence-electron chi connectivity index (χ0n) is 14.4. The molecule has 0 atom stereocenters. The second-order valence-electron chi connectivity index (χ2n) is 6.71. The van der Waals surface area contributed by atoms with Crippen LogP contribution in [0, 0.1) is 11.2 Å². The maximum atomic E-state index is 14.2. The monoisotopic (exact) mass is 397 g/mol. The van der Waals surface area contributed by atoms with Crippen LogP contribution in [0.15, 0.2) is 35.1 Å². The zero-order valence-corrected chi connectivity index (χ0v) is 14.4. The van der Waals surface area contributed by atoms with Gasteiger partial charge in [0.05, 0.1) is 6.54 Å². The summed E-state index contributed by atoms with van der Waals surface area (Å²) in [6.07, 6.45) is -3.59. The van der Waals surface area contributed by atoms with E-state index in [9.17, 15) is 22.4 Å². The Kier molecular flexibility index (Phi) is 4.28. The number of carbonyl (C=O) groups is 1. The van der Waals surface area contributed by atoms with E-state index in [1.54, 1.807) is 12.1 Å². The van der Waals surface area contributed by atoms with Crippen molar-refractivity contribution < 1.29 is 31.6 Å². The maximum Gasteiger partial charge on any atom is 0.403 e. The van der Waals surface area contributed by atoms with Gasteiger partial charge in [0.2, 0.25) is 5.91 Å². The lowest BCUT2D eigenvalue weighted by Crippen LogP contribution is -2.40. The molecule has 2 aromatic heterocycles. The normalized spacial score (nSPS) is 15.6. The van der Waals surface area contributed by atoms with Gasteiger partial charge in [0, 0.05) is 28.7 Å². The first kappa shape index (κ1) is 18.3. The van der Waals surface area contributed by atoms with E-state index in [1.165, 1.54) is 18.4 Å². The summed E-state index contributed by atoms with van der Waals surface area (Å²) in [5.41, 5.74) is -0.798. The molecule has 1 amide bonds. The number of hydrogen-bond donors (Lipinski definition) is 2. The molecule has 2 heterocycles. The van der Waals surface area contributed by atoms with Crippen LogP contribution in [-0.4, -0.2) is 22.2 Å². The number of alkyl halides is 3. The number of fused-ring (bicyclic) bond motifs is 1. The number of nitrogens with zero attached hydrogens (tertiary/aromatic N) is 1. The molecule has 1 aromatic carbocycles. The summed E-state index contributed by atoms with van der Waals surface area (Å²) >= 11 is 0. The van der Waals surface area contributed by atoms with Gasteiger partial charge >= 0.3 is 6.18 Å². The van der Waals surface area contributed by atoms with E-state index in [2.05, 4.69) is 20.0 Å². The minimum absolute atomic E-state index is 0.0121. The fourth-order valence-electron chi connectivity index (χ4n) is 2.97. The molecule has 148 valence electrons. The lowest BCUT2D eigenvalue weighted by atomic mass is 10.1. The average Bonchev–Trinajstić information content (AvgIpc) is 3.14. The molecule has 1 aliphatic rings. The van der Waals surface area contributed by atoms with Gasteiger partial charge in [-0.15, -0.1) is 0 Å². The number of H-pyrrole nitrogens is 1. The van der Waals surface area contributed by atoms with Crippen LogP contribution in [0.1, 0.15) is 24.2 Å². The molecule has 0 radical (unpaired) electrons. The molecular formula is C18H15F4N3O3. The Balaban J connectivity index is 1.45. The largest absolute Gasteiger partial charge is 0.484 e. The number of amides is 1. The van der Waals surface area contributed by atoms with Gasteiger partial charge in [0.15, 0.2) is 11.6 Å². The lowest BCUT2D eigenvalue weighted by Gasteiger charge is -2.18. The molecule has 10 heteroatoms. The standard InChI is InChI=1S/C18H15F4N3O3/c19-13-6-10-5-12(8-23-16(26)17(2-3-17)18(20,21)22)24-14(10)7-15(13)27-9-11-1-4-28-25-11/h1,4-7,24H,2-3,8-9H2,(H,23,26). The number of halogens is 4. The maximum absolute atomic E-state index is 14.2. The highest BCUT2D eigenvalue weighted by Crippen LogP contribution is 2.57. The van der Waals surface area contributed by atoms with Gasteiger partial charge < -0.3 is 19.6 Å². The van der Waals surface area contributed by atoms with Gasteiger partial charge in [-0.2, -0.15) is 13.2 Å². The van der Waals surface area contributed by atoms with Crippen molar-refractivity contribution in [1.82, 2.24) is 15.5 Å². The Bertz CT molecular complexity index is 1010. The summed E-state index contributed by atoms with van der Waals surface area (Å²) in [6, 6.07) is 5.83. The number of aromatic nitrogens is 2. The Hall–Kier alpha value is -3.04. The van der Waals surface area contributed by atoms with E-state index in [-0.39, 0.29) is 31.7 Å². The highest BCUT2D eigenvalue weighted by molar-refractivity contribution is 5.86. The van der Waals surface area contributed by atoms with Gasteiger partial charge in [-0.1, -0.05) is 5.16 Å². The van der Waals surface area contributed by atoms with Crippen LogP contribution in [0.4, 0.5) is 17.6 Å². The summed E-state index contributed by atoms with van der Waals surface area (Å²) in [5, 5.41) is 6.48. The third-order valence-corrected chi connectivity index (χ3v) is 4.76. The summed E-state index contributed by atoms with van der Waals surface area (Å²) in [5.74, 6) is -1.65. The van der Waals surface area contributed by atoms with Crippen molar-refractivity contribution in [3.8, 4) is 5.75 Å². The minimum atomic E-state index is -4.56. The Morgan fingerprint density at radius 2 is 2.11 bits per heavy atom. The van der Waals surface area contributed by atoms with Gasteiger partial charge in [0.1, 0.15) is 24.0 Å². The molecule has 2 N–H and O–H groups in total. The molecule has 0 unspecified atom stereocenters. The molecule has 0 bridgehead atoms. The van der Waals surface area contributed by atoms with E-state index >= 15 is 0 Å². The van der Waals surface area contributed by atoms with Crippen LogP contribution in [0.3, 0.4) is 0 Å². The number of nitrogens with one attached hydrogen (secondary N) is 2. The third-order valence-electron chi connectivity index (χ3n) is 4.76. The van der Waals surface area contributed by atoms with Crippen LogP contribution < -0.4 is 10.1 Å². The van der Waals surface area contributed by atoms with Crippen LogP contribution in [-0.2, 0) is 17.9 Å². The van der Waals surface area contributed by atoms with Crippen LogP contribution in [0.2, 0.25) is 0 Å². The van der Waals surface area contributed by atoms with Crippen LogP contribution in [0.25, 0.3) is 10.9 Å². The fraction of sp³-hybridized carbons (Fsp3) is 0.333. The van der Waals surface area contributed by atoms with Crippen LogP contribution in [0.5, 0.6) is 5.75 Å². The van der Waals surface area contributed by atoms with Crippen molar-refractivity contribution in [3.05, 3.63) is 47.7 Å². The van der Waals surface area contributed by atoms with E-state index in [4.69, 9.17) is 4.74 Å². The molecule has 0 saturated heterocycles. The van der Waals surface area contributed by atoms with Gasteiger partial charge in [-0.3, -0.25) is 4.79 Å². The molecule has 0 spiro atoms. The van der Waals surface area contributed by atoms with Crippen LogP contribution >= 0.6 is 0 Å².